The molecule has 1 aliphatic heterocycles. The predicted octanol–water partition coefficient (Wildman–Crippen LogP) is 3.60. The Morgan fingerprint density at radius 1 is 1.17 bits per heavy atom. The van der Waals surface area contributed by atoms with Crippen molar-refractivity contribution in [3.63, 3.8) is 0 Å². The third-order valence-corrected chi connectivity index (χ3v) is 6.55. The van der Waals surface area contributed by atoms with Crippen molar-refractivity contribution in [1.82, 2.24) is 20.7 Å². The number of hydrogen-bond donors (Lipinski definition) is 3. The molecular weight excluding hydrogens is 444 g/mol. The number of ether oxygens (including phenoxy) is 1. The van der Waals surface area contributed by atoms with E-state index < -0.39 is 11.4 Å². The van der Waals surface area contributed by atoms with E-state index in [4.69, 9.17) is 9.94 Å². The van der Waals surface area contributed by atoms with Crippen molar-refractivity contribution in [1.29, 1.82) is 0 Å². The quantitative estimate of drug-likeness (QED) is 0.339. The zero-order valence-electron chi connectivity index (χ0n) is 20.2. The molecule has 3 aromatic rings. The lowest BCUT2D eigenvalue weighted by Gasteiger charge is -2.42. The number of likely N-dealkylation sites (tertiary alicyclic amines) is 1. The predicted molar refractivity (Wildman–Crippen MR) is 133 cm³/mol. The van der Waals surface area contributed by atoms with Gasteiger partial charge in [-0.1, -0.05) is 25.1 Å². The Kier molecular flexibility index (Phi) is 7.63. The van der Waals surface area contributed by atoms with Gasteiger partial charge in [-0.15, -0.1) is 0 Å². The van der Waals surface area contributed by atoms with Gasteiger partial charge in [0.25, 0.3) is 5.91 Å². The monoisotopic (exact) mass is 476 g/mol. The van der Waals surface area contributed by atoms with Crippen LogP contribution in [-0.2, 0) is 11.4 Å². The first-order valence-electron chi connectivity index (χ1n) is 12.0. The van der Waals surface area contributed by atoms with E-state index in [-0.39, 0.29) is 12.3 Å². The Hall–Kier alpha value is -3.49. The lowest BCUT2D eigenvalue weighted by Crippen LogP contribution is -2.60. The topological polar surface area (TPSA) is 104 Å². The van der Waals surface area contributed by atoms with Gasteiger partial charge in [0.15, 0.2) is 0 Å². The third kappa shape index (κ3) is 5.96. The van der Waals surface area contributed by atoms with Crippen LogP contribution in [0.25, 0.3) is 10.9 Å². The number of nitrogens with one attached hydrogen (secondary N) is 2. The van der Waals surface area contributed by atoms with Crippen molar-refractivity contribution in [2.24, 2.45) is 0 Å². The molecule has 0 radical (unpaired) electrons. The van der Waals surface area contributed by atoms with Crippen LogP contribution in [0, 0.1) is 6.92 Å². The van der Waals surface area contributed by atoms with E-state index >= 15 is 0 Å². The minimum Gasteiger partial charge on any atom is -0.489 e. The standard InChI is InChI=1S/C27H32N4O4/c1-3-31-14-6-13-27(18-31,16-25(32)30-34)29-26(33)20-9-11-22(12-10-20)35-17-21-15-19(2)28-24-8-5-4-7-23(21)24/h4-5,7-12,15,34H,3,6,13-14,16-18H2,1-2H3,(H,29,33)(H,30,32). The first-order valence-corrected chi connectivity index (χ1v) is 12.0. The summed E-state index contributed by atoms with van der Waals surface area (Å²) >= 11 is 0. The fraction of sp³-hybridized carbons (Fsp3) is 0.370. The van der Waals surface area contributed by atoms with E-state index in [0.717, 1.165) is 41.7 Å². The number of piperidine rings is 1. The summed E-state index contributed by atoms with van der Waals surface area (Å²) in [5, 5.41) is 13.2. The number of likely N-dealkylation sites (N-methyl/N-ethyl adjacent to an activating group) is 1. The fourth-order valence-corrected chi connectivity index (χ4v) is 4.83. The number of aryl methyl sites for hydroxylation is 1. The Morgan fingerprint density at radius 2 is 1.94 bits per heavy atom. The van der Waals surface area contributed by atoms with Gasteiger partial charge in [0.1, 0.15) is 12.4 Å². The molecule has 8 heteroatoms. The van der Waals surface area contributed by atoms with Crippen LogP contribution >= 0.6 is 0 Å². The minimum atomic E-state index is -0.729. The molecule has 2 amide bonds. The summed E-state index contributed by atoms with van der Waals surface area (Å²) in [4.78, 5) is 31.8. The Bertz CT molecular complexity index is 1200. The SMILES string of the molecule is CCN1CCCC(CC(=O)NO)(NC(=O)c2ccc(OCc3cc(C)nc4ccccc34)cc2)C1. The van der Waals surface area contributed by atoms with Gasteiger partial charge in [-0.25, -0.2) is 5.48 Å². The molecule has 1 fully saturated rings. The number of carbonyl (C=O) groups excluding carboxylic acids is 2. The lowest BCUT2D eigenvalue weighted by molar-refractivity contribution is -0.131. The van der Waals surface area contributed by atoms with Crippen molar-refractivity contribution in [2.75, 3.05) is 19.6 Å². The molecule has 0 bridgehead atoms. The van der Waals surface area contributed by atoms with Crippen LogP contribution in [-0.4, -0.2) is 52.1 Å². The summed E-state index contributed by atoms with van der Waals surface area (Å²) in [5.41, 5.74) is 4.38. The summed E-state index contributed by atoms with van der Waals surface area (Å²) in [6.45, 7) is 6.72. The van der Waals surface area contributed by atoms with E-state index in [0.29, 0.717) is 30.9 Å². The molecule has 2 heterocycles. The molecule has 1 unspecified atom stereocenters. The number of hydrogen-bond acceptors (Lipinski definition) is 6. The molecule has 1 saturated heterocycles. The highest BCUT2D eigenvalue weighted by Gasteiger charge is 2.38. The number of aromatic nitrogens is 1. The summed E-state index contributed by atoms with van der Waals surface area (Å²) in [5.74, 6) is -0.105. The molecule has 8 nitrogen and oxygen atoms in total. The average molecular weight is 477 g/mol. The van der Waals surface area contributed by atoms with Crippen molar-refractivity contribution in [3.05, 3.63) is 71.4 Å². The fourth-order valence-electron chi connectivity index (χ4n) is 4.83. The second-order valence-electron chi connectivity index (χ2n) is 9.17. The van der Waals surface area contributed by atoms with Gasteiger partial charge in [0, 0.05) is 28.8 Å². The number of nitrogens with zero attached hydrogens (tertiary/aromatic N) is 2. The molecule has 4 rings (SSSR count). The van der Waals surface area contributed by atoms with Gasteiger partial charge in [0.05, 0.1) is 17.5 Å². The largest absolute Gasteiger partial charge is 0.489 e. The molecular formula is C27H32N4O4. The first-order chi connectivity index (χ1) is 16.9. The normalized spacial score (nSPS) is 18.3. The highest BCUT2D eigenvalue weighted by Crippen LogP contribution is 2.26. The van der Waals surface area contributed by atoms with E-state index in [1.165, 1.54) is 0 Å². The maximum Gasteiger partial charge on any atom is 0.251 e. The molecule has 1 aliphatic rings. The van der Waals surface area contributed by atoms with Crippen LogP contribution in [0.1, 0.15) is 47.8 Å². The second-order valence-corrected chi connectivity index (χ2v) is 9.17. The van der Waals surface area contributed by atoms with E-state index in [1.807, 2.05) is 37.3 Å². The number of fused-ring (bicyclic) bond motifs is 1. The number of carbonyl (C=O) groups is 2. The van der Waals surface area contributed by atoms with Gasteiger partial charge in [-0.2, -0.15) is 0 Å². The number of benzene rings is 2. The van der Waals surface area contributed by atoms with Gasteiger partial charge in [-0.05, 0) is 69.3 Å². The Labute approximate surface area is 205 Å². The third-order valence-electron chi connectivity index (χ3n) is 6.55. The van der Waals surface area contributed by atoms with Crippen LogP contribution in [0.15, 0.2) is 54.6 Å². The highest BCUT2D eigenvalue weighted by atomic mass is 16.5. The second kappa shape index (κ2) is 10.8. The van der Waals surface area contributed by atoms with Crippen LogP contribution in [0.3, 0.4) is 0 Å². The van der Waals surface area contributed by atoms with E-state index in [2.05, 4.69) is 22.1 Å². The smallest absolute Gasteiger partial charge is 0.251 e. The van der Waals surface area contributed by atoms with Gasteiger partial charge in [0.2, 0.25) is 5.91 Å². The molecule has 0 aliphatic carbocycles. The van der Waals surface area contributed by atoms with Crippen LogP contribution in [0.4, 0.5) is 0 Å². The average Bonchev–Trinajstić information content (AvgIpc) is 2.87. The number of amides is 2. The van der Waals surface area contributed by atoms with Crippen LogP contribution < -0.4 is 15.5 Å². The number of hydroxylamine groups is 1. The van der Waals surface area contributed by atoms with Crippen molar-refractivity contribution in [2.45, 2.75) is 45.3 Å². The van der Waals surface area contributed by atoms with Gasteiger partial charge >= 0.3 is 0 Å². The molecule has 1 atom stereocenters. The molecule has 184 valence electrons. The van der Waals surface area contributed by atoms with Gasteiger partial charge in [-0.3, -0.25) is 19.8 Å². The van der Waals surface area contributed by atoms with Crippen LogP contribution in [0.2, 0.25) is 0 Å². The number of para-hydroxylation sites is 1. The van der Waals surface area contributed by atoms with Gasteiger partial charge < -0.3 is 15.0 Å². The summed E-state index contributed by atoms with van der Waals surface area (Å²) in [6.07, 6.45) is 1.55. The summed E-state index contributed by atoms with van der Waals surface area (Å²) in [6, 6.07) is 17.0. The lowest BCUT2D eigenvalue weighted by atomic mass is 9.85. The van der Waals surface area contributed by atoms with Crippen molar-refractivity contribution in [3.8, 4) is 5.75 Å². The van der Waals surface area contributed by atoms with Crippen molar-refractivity contribution < 1.29 is 19.5 Å². The van der Waals surface area contributed by atoms with E-state index in [9.17, 15) is 9.59 Å². The molecule has 0 saturated carbocycles. The Morgan fingerprint density at radius 3 is 2.69 bits per heavy atom. The zero-order chi connectivity index (χ0) is 24.8. The first kappa shape index (κ1) is 24.6. The molecule has 3 N–H and O–H groups in total. The van der Waals surface area contributed by atoms with E-state index in [1.54, 1.807) is 29.7 Å². The molecule has 2 aromatic carbocycles. The summed E-state index contributed by atoms with van der Waals surface area (Å²) in [7, 11) is 0. The minimum absolute atomic E-state index is 0.0201. The molecule has 0 spiro atoms. The van der Waals surface area contributed by atoms with Crippen molar-refractivity contribution >= 4 is 22.7 Å². The maximum atomic E-state index is 13.1. The molecule has 1 aromatic heterocycles. The molecule has 35 heavy (non-hydrogen) atoms. The Balaban J connectivity index is 1.44. The maximum absolute atomic E-state index is 13.1. The number of rotatable bonds is 8. The van der Waals surface area contributed by atoms with Crippen LogP contribution in [0.5, 0.6) is 5.75 Å². The highest BCUT2D eigenvalue weighted by molar-refractivity contribution is 5.95. The summed E-state index contributed by atoms with van der Waals surface area (Å²) < 4.78 is 6.01. The number of pyridine rings is 1. The zero-order valence-corrected chi connectivity index (χ0v) is 20.2.